The average Bonchev–Trinajstić information content (AvgIpc) is 2.88. The van der Waals surface area contributed by atoms with Crippen molar-refractivity contribution < 1.29 is 9.26 Å². The Morgan fingerprint density at radius 1 is 1.24 bits per heavy atom. The molecule has 3 rings (SSSR count). The molecule has 2 aromatic heterocycles. The van der Waals surface area contributed by atoms with Gasteiger partial charge in [0.1, 0.15) is 17.2 Å². The highest BCUT2D eigenvalue weighted by Crippen LogP contribution is 2.24. The summed E-state index contributed by atoms with van der Waals surface area (Å²) < 4.78 is 12.4. The Morgan fingerprint density at radius 3 is 2.71 bits per heavy atom. The fourth-order valence-corrected chi connectivity index (χ4v) is 1.85. The number of benzene rings is 1. The minimum absolute atomic E-state index is 0.827. The fourth-order valence-electron chi connectivity index (χ4n) is 1.85. The van der Waals surface area contributed by atoms with Crippen LogP contribution in [0.2, 0.25) is 0 Å². The van der Waals surface area contributed by atoms with Crippen molar-refractivity contribution in [2.24, 2.45) is 0 Å². The van der Waals surface area contributed by atoms with Crippen LogP contribution >= 0.6 is 0 Å². The molecular weight excluding hydrogens is 216 g/mol. The zero-order valence-corrected chi connectivity index (χ0v) is 9.68. The number of rotatable bonds is 2. The van der Waals surface area contributed by atoms with Gasteiger partial charge in [-0.05, 0) is 31.2 Å². The van der Waals surface area contributed by atoms with E-state index in [4.69, 9.17) is 9.26 Å². The zero-order valence-electron chi connectivity index (χ0n) is 9.68. The van der Waals surface area contributed by atoms with E-state index in [2.05, 4.69) is 4.98 Å². The average molecular weight is 228 g/mol. The maximum absolute atomic E-state index is 5.57. The predicted molar refractivity (Wildman–Crippen MR) is 64.2 cm³/mol. The van der Waals surface area contributed by atoms with E-state index in [9.17, 15) is 0 Å². The van der Waals surface area contributed by atoms with Crippen molar-refractivity contribution in [1.82, 2.24) is 9.56 Å². The third-order valence-corrected chi connectivity index (χ3v) is 2.70. The molecule has 2 heterocycles. The molecule has 4 heteroatoms. The summed E-state index contributed by atoms with van der Waals surface area (Å²) in [6.45, 7) is 1.91. The standard InChI is InChI=1S/C13H12N2O2/c1-9-7-13-14-8-12(15(13)17-9)10-3-5-11(16-2)6-4-10/h3-8H,1-2H3. The Morgan fingerprint density at radius 2 is 2.00 bits per heavy atom. The second-order valence-corrected chi connectivity index (χ2v) is 3.87. The van der Waals surface area contributed by atoms with Gasteiger partial charge in [-0.2, -0.15) is 4.57 Å². The number of hydrogen-bond acceptors (Lipinski definition) is 3. The molecule has 0 aliphatic rings. The number of aryl methyl sites for hydroxylation is 1. The van der Waals surface area contributed by atoms with Crippen molar-refractivity contribution >= 4 is 5.65 Å². The fraction of sp³-hybridized carbons (Fsp3) is 0.154. The van der Waals surface area contributed by atoms with Crippen LogP contribution in [0.5, 0.6) is 5.75 Å². The quantitative estimate of drug-likeness (QED) is 0.677. The number of aromatic nitrogens is 2. The Bertz CT molecular complexity index is 650. The van der Waals surface area contributed by atoms with Gasteiger partial charge in [-0.1, -0.05) is 0 Å². The molecule has 0 bridgehead atoms. The Hall–Kier alpha value is -2.23. The summed E-state index contributed by atoms with van der Waals surface area (Å²) >= 11 is 0. The molecular formula is C13H12N2O2. The molecule has 0 fully saturated rings. The molecule has 86 valence electrons. The molecule has 0 saturated carbocycles. The second kappa shape index (κ2) is 3.66. The lowest BCUT2D eigenvalue weighted by atomic mass is 10.2. The molecule has 0 radical (unpaired) electrons. The van der Waals surface area contributed by atoms with Crippen LogP contribution in [-0.4, -0.2) is 16.7 Å². The van der Waals surface area contributed by atoms with E-state index < -0.39 is 0 Å². The highest BCUT2D eigenvalue weighted by molar-refractivity contribution is 5.63. The van der Waals surface area contributed by atoms with E-state index in [0.717, 1.165) is 28.4 Å². The minimum Gasteiger partial charge on any atom is -0.497 e. The molecule has 0 saturated heterocycles. The van der Waals surface area contributed by atoms with E-state index in [1.165, 1.54) is 0 Å². The molecule has 17 heavy (non-hydrogen) atoms. The lowest BCUT2D eigenvalue weighted by Gasteiger charge is -2.01. The highest BCUT2D eigenvalue weighted by Gasteiger charge is 2.09. The summed E-state index contributed by atoms with van der Waals surface area (Å²) in [6, 6.07) is 9.72. The number of nitrogens with zero attached hydrogens (tertiary/aromatic N) is 2. The molecule has 0 unspecified atom stereocenters. The van der Waals surface area contributed by atoms with Crippen LogP contribution in [0.1, 0.15) is 5.76 Å². The van der Waals surface area contributed by atoms with E-state index in [1.807, 2.05) is 37.3 Å². The maximum atomic E-state index is 5.57. The first-order valence-electron chi connectivity index (χ1n) is 5.37. The normalized spacial score (nSPS) is 10.9. The summed E-state index contributed by atoms with van der Waals surface area (Å²) in [7, 11) is 1.65. The van der Waals surface area contributed by atoms with Crippen LogP contribution in [0.3, 0.4) is 0 Å². The van der Waals surface area contributed by atoms with Crippen molar-refractivity contribution in [2.45, 2.75) is 6.92 Å². The van der Waals surface area contributed by atoms with Gasteiger partial charge in [0.05, 0.1) is 13.3 Å². The second-order valence-electron chi connectivity index (χ2n) is 3.87. The Balaban J connectivity index is 2.12. The number of methoxy groups -OCH3 is 1. The summed E-state index contributed by atoms with van der Waals surface area (Å²) in [4.78, 5) is 4.30. The molecule has 0 spiro atoms. The lowest BCUT2D eigenvalue weighted by molar-refractivity contribution is 0.361. The van der Waals surface area contributed by atoms with Gasteiger partial charge < -0.3 is 9.26 Å². The van der Waals surface area contributed by atoms with Crippen LogP contribution in [0, 0.1) is 6.92 Å². The minimum atomic E-state index is 0.827. The van der Waals surface area contributed by atoms with Gasteiger partial charge >= 0.3 is 0 Å². The van der Waals surface area contributed by atoms with Crippen LogP contribution in [0.4, 0.5) is 0 Å². The SMILES string of the molecule is COc1ccc(-c2cnc3cc(C)on23)cc1. The molecule has 4 nitrogen and oxygen atoms in total. The molecule has 1 aromatic carbocycles. The van der Waals surface area contributed by atoms with Crippen molar-refractivity contribution in [3.05, 3.63) is 42.3 Å². The molecule has 3 aromatic rings. The van der Waals surface area contributed by atoms with Crippen molar-refractivity contribution in [1.29, 1.82) is 0 Å². The topological polar surface area (TPSA) is 39.7 Å². The van der Waals surface area contributed by atoms with Crippen molar-refractivity contribution in [3.63, 3.8) is 0 Å². The zero-order chi connectivity index (χ0) is 11.8. The third-order valence-electron chi connectivity index (χ3n) is 2.70. The Kier molecular flexibility index (Phi) is 2.14. The van der Waals surface area contributed by atoms with Gasteiger partial charge in [0.25, 0.3) is 0 Å². The van der Waals surface area contributed by atoms with Gasteiger partial charge in [0.2, 0.25) is 0 Å². The molecule has 0 amide bonds. The monoisotopic (exact) mass is 228 g/mol. The first-order chi connectivity index (χ1) is 8.28. The van der Waals surface area contributed by atoms with Gasteiger partial charge in [-0.25, -0.2) is 4.98 Å². The van der Waals surface area contributed by atoms with E-state index in [-0.39, 0.29) is 0 Å². The number of ether oxygens (including phenoxy) is 1. The van der Waals surface area contributed by atoms with Gasteiger partial charge in [0.15, 0.2) is 5.65 Å². The molecule has 0 atom stereocenters. The first kappa shape index (κ1) is 9.96. The van der Waals surface area contributed by atoms with Crippen LogP contribution in [0.15, 0.2) is 41.1 Å². The van der Waals surface area contributed by atoms with E-state index in [1.54, 1.807) is 17.9 Å². The molecule has 0 N–H and O–H groups in total. The highest BCUT2D eigenvalue weighted by atomic mass is 16.5. The van der Waals surface area contributed by atoms with Crippen LogP contribution in [-0.2, 0) is 0 Å². The van der Waals surface area contributed by atoms with Gasteiger partial charge in [0, 0.05) is 11.6 Å². The number of hydrogen-bond donors (Lipinski definition) is 0. The molecule has 0 aliphatic carbocycles. The third kappa shape index (κ3) is 1.58. The smallest absolute Gasteiger partial charge is 0.172 e. The van der Waals surface area contributed by atoms with Crippen LogP contribution < -0.4 is 4.74 Å². The number of fused-ring (bicyclic) bond motifs is 1. The van der Waals surface area contributed by atoms with Crippen molar-refractivity contribution in [3.8, 4) is 17.0 Å². The van der Waals surface area contributed by atoms with Gasteiger partial charge in [-0.3, -0.25) is 0 Å². The Labute approximate surface area is 98.4 Å². The first-order valence-corrected chi connectivity index (χ1v) is 5.37. The van der Waals surface area contributed by atoms with E-state index in [0.29, 0.717) is 0 Å². The lowest BCUT2D eigenvalue weighted by Crippen LogP contribution is -1.85. The predicted octanol–water partition coefficient (Wildman–Crippen LogP) is 2.91. The van der Waals surface area contributed by atoms with Gasteiger partial charge in [-0.15, -0.1) is 0 Å². The molecule has 0 aliphatic heterocycles. The maximum Gasteiger partial charge on any atom is 0.172 e. The van der Waals surface area contributed by atoms with Crippen LogP contribution in [0.25, 0.3) is 16.9 Å². The number of imidazole rings is 1. The van der Waals surface area contributed by atoms with Crippen molar-refractivity contribution in [2.75, 3.05) is 7.11 Å². The van der Waals surface area contributed by atoms with E-state index >= 15 is 0 Å². The summed E-state index contributed by atoms with van der Waals surface area (Å²) in [5.74, 6) is 1.69. The summed E-state index contributed by atoms with van der Waals surface area (Å²) in [5, 5.41) is 0. The largest absolute Gasteiger partial charge is 0.497 e. The summed E-state index contributed by atoms with van der Waals surface area (Å²) in [5.41, 5.74) is 2.82. The summed E-state index contributed by atoms with van der Waals surface area (Å²) in [6.07, 6.45) is 1.81.